The Bertz CT molecular complexity index is 380. The normalized spacial score (nSPS) is 9.20. The topological polar surface area (TPSA) is 64.6 Å². The molecule has 15 heavy (non-hydrogen) atoms. The van der Waals surface area contributed by atoms with Crippen molar-refractivity contribution in [1.82, 2.24) is 0 Å². The average Bonchev–Trinajstić information content (AvgIpc) is 2.28. The van der Waals surface area contributed by atoms with Gasteiger partial charge in [0.05, 0.1) is 18.4 Å². The molecule has 0 aliphatic carbocycles. The third-order valence-electron chi connectivity index (χ3n) is 1.64. The van der Waals surface area contributed by atoms with Crippen LogP contribution in [0.1, 0.15) is 10.4 Å². The summed E-state index contributed by atoms with van der Waals surface area (Å²) in [6.45, 7) is 0. The summed E-state index contributed by atoms with van der Waals surface area (Å²) in [6.07, 6.45) is -0.676. The van der Waals surface area contributed by atoms with Gasteiger partial charge in [-0.15, -0.1) is 0 Å². The molecule has 1 aromatic carbocycles. The lowest BCUT2D eigenvalue weighted by Gasteiger charge is -2.06. The molecule has 1 aromatic rings. The highest BCUT2D eigenvalue weighted by atomic mass is 35.5. The van der Waals surface area contributed by atoms with Gasteiger partial charge in [0.25, 0.3) is 0 Å². The van der Waals surface area contributed by atoms with E-state index in [1.807, 2.05) is 0 Å². The number of hydrogen-bond acceptors (Lipinski definition) is 4. The number of para-hydroxylation sites is 1. The van der Waals surface area contributed by atoms with E-state index in [-0.39, 0.29) is 11.3 Å². The minimum Gasteiger partial charge on any atom is -0.453 e. The summed E-state index contributed by atoms with van der Waals surface area (Å²) in [5.41, 5.74) is 0.424. The fraction of sp³-hybridized carbons (Fsp3) is 0.111. The Kier molecular flexibility index (Phi) is 3.93. The molecule has 0 heterocycles. The maximum atomic E-state index is 11.2. The maximum absolute atomic E-state index is 11.2. The van der Waals surface area contributed by atoms with Crippen molar-refractivity contribution in [3.8, 4) is 0 Å². The van der Waals surface area contributed by atoms with Gasteiger partial charge in [0, 0.05) is 0 Å². The third-order valence-corrected chi connectivity index (χ3v) is 1.78. The second-order valence-electron chi connectivity index (χ2n) is 2.53. The van der Waals surface area contributed by atoms with E-state index < -0.39 is 12.1 Å². The summed E-state index contributed by atoms with van der Waals surface area (Å²) in [5, 5.41) is 2.35. The Morgan fingerprint density at radius 3 is 2.60 bits per heavy atom. The Labute approximate surface area is 91.1 Å². The molecule has 6 heteroatoms. The monoisotopic (exact) mass is 229 g/mol. The van der Waals surface area contributed by atoms with Crippen molar-refractivity contribution in [1.29, 1.82) is 0 Å². The van der Waals surface area contributed by atoms with Crippen LogP contribution < -0.4 is 5.32 Å². The molecular weight excluding hydrogens is 222 g/mol. The van der Waals surface area contributed by atoms with Gasteiger partial charge in [0.15, 0.2) is 0 Å². The number of anilines is 1. The highest BCUT2D eigenvalue weighted by Gasteiger charge is 2.13. The third kappa shape index (κ3) is 2.85. The second kappa shape index (κ2) is 5.21. The fourth-order valence-electron chi connectivity index (χ4n) is 0.973. The van der Waals surface area contributed by atoms with E-state index in [0.29, 0.717) is 0 Å². The number of benzene rings is 1. The van der Waals surface area contributed by atoms with Crippen molar-refractivity contribution >= 4 is 29.6 Å². The summed E-state index contributed by atoms with van der Waals surface area (Å²) in [5.74, 6) is -0.747. The van der Waals surface area contributed by atoms with Crippen molar-refractivity contribution in [3.63, 3.8) is 0 Å². The van der Waals surface area contributed by atoms with Crippen LogP contribution in [0.5, 0.6) is 0 Å². The molecule has 0 atom stereocenters. The van der Waals surface area contributed by atoms with Gasteiger partial charge in [-0.1, -0.05) is 12.1 Å². The van der Waals surface area contributed by atoms with E-state index in [0.717, 1.165) is 0 Å². The molecule has 0 fully saturated rings. The minimum atomic E-state index is -0.747. The minimum absolute atomic E-state index is 0.151. The SMILES string of the molecule is COC(=O)Nc1ccccc1C(=O)OCl. The van der Waals surface area contributed by atoms with E-state index >= 15 is 0 Å². The Hall–Kier alpha value is -1.75. The van der Waals surface area contributed by atoms with Gasteiger partial charge in [0.2, 0.25) is 0 Å². The van der Waals surface area contributed by atoms with Gasteiger partial charge >= 0.3 is 12.1 Å². The maximum Gasteiger partial charge on any atom is 0.411 e. The van der Waals surface area contributed by atoms with Crippen LogP contribution in [0, 0.1) is 0 Å². The van der Waals surface area contributed by atoms with Crippen molar-refractivity contribution in [2.24, 2.45) is 0 Å². The second-order valence-corrected chi connectivity index (χ2v) is 2.68. The largest absolute Gasteiger partial charge is 0.453 e. The number of rotatable bonds is 2. The van der Waals surface area contributed by atoms with Gasteiger partial charge in [0.1, 0.15) is 11.9 Å². The molecule has 0 radical (unpaired) electrons. The van der Waals surface area contributed by atoms with E-state index in [2.05, 4.69) is 14.3 Å². The average molecular weight is 230 g/mol. The standard InChI is InChI=1S/C9H8ClNO4/c1-14-9(13)11-7-5-3-2-4-6(7)8(12)15-10/h2-5H,1H3,(H,11,13). The van der Waals surface area contributed by atoms with E-state index in [4.69, 9.17) is 11.9 Å². The van der Waals surface area contributed by atoms with Gasteiger partial charge in [-0.05, 0) is 12.1 Å². The number of hydrogen-bond donors (Lipinski definition) is 1. The van der Waals surface area contributed by atoms with Crippen molar-refractivity contribution in [3.05, 3.63) is 29.8 Å². The Morgan fingerprint density at radius 2 is 2.00 bits per heavy atom. The Morgan fingerprint density at radius 1 is 1.33 bits per heavy atom. The molecule has 0 saturated heterocycles. The highest BCUT2D eigenvalue weighted by Crippen LogP contribution is 2.16. The lowest BCUT2D eigenvalue weighted by atomic mass is 10.2. The summed E-state index contributed by atoms with van der Waals surface area (Å²) in [6, 6.07) is 6.26. The van der Waals surface area contributed by atoms with E-state index in [1.165, 1.54) is 19.2 Å². The zero-order valence-corrected chi connectivity index (χ0v) is 8.58. The van der Waals surface area contributed by atoms with Crippen LogP contribution in [0.15, 0.2) is 24.3 Å². The predicted octanol–water partition coefficient (Wildman–Crippen LogP) is 2.18. The van der Waals surface area contributed by atoms with Crippen molar-refractivity contribution < 1.29 is 18.6 Å². The molecule has 1 N–H and O–H groups in total. The molecule has 0 spiro atoms. The first kappa shape index (κ1) is 11.3. The molecule has 80 valence electrons. The molecule has 0 aliphatic heterocycles. The van der Waals surface area contributed by atoms with Crippen LogP contribution in [-0.2, 0) is 9.03 Å². The molecule has 1 rings (SSSR count). The molecule has 0 bridgehead atoms. The van der Waals surface area contributed by atoms with Crippen LogP contribution in [0.4, 0.5) is 10.5 Å². The van der Waals surface area contributed by atoms with Gasteiger partial charge < -0.3 is 9.03 Å². The van der Waals surface area contributed by atoms with Crippen LogP contribution in [0.3, 0.4) is 0 Å². The predicted molar refractivity (Wildman–Crippen MR) is 53.7 cm³/mol. The number of carbonyl (C=O) groups is 2. The lowest BCUT2D eigenvalue weighted by Crippen LogP contribution is -2.14. The fourth-order valence-corrected chi connectivity index (χ4v) is 1.06. The molecular formula is C9H8ClNO4. The Balaban J connectivity index is 2.96. The summed E-state index contributed by atoms with van der Waals surface area (Å²) >= 11 is 4.94. The van der Waals surface area contributed by atoms with Gasteiger partial charge in [-0.3, -0.25) is 5.32 Å². The molecule has 0 saturated carbocycles. The van der Waals surface area contributed by atoms with Crippen LogP contribution in [-0.4, -0.2) is 19.2 Å². The number of carbonyl (C=O) groups excluding carboxylic acids is 2. The summed E-state index contributed by atoms with van der Waals surface area (Å²) in [7, 11) is 1.22. The van der Waals surface area contributed by atoms with Gasteiger partial charge in [-0.2, -0.15) is 0 Å². The highest BCUT2D eigenvalue weighted by molar-refractivity contribution is 6.17. The number of ether oxygens (including phenoxy) is 1. The van der Waals surface area contributed by atoms with Crippen LogP contribution in [0.25, 0.3) is 0 Å². The van der Waals surface area contributed by atoms with Crippen LogP contribution in [0.2, 0.25) is 0 Å². The number of nitrogens with one attached hydrogen (secondary N) is 1. The molecule has 0 aliphatic rings. The first-order valence-corrected chi connectivity index (χ1v) is 4.27. The number of methoxy groups -OCH3 is 1. The summed E-state index contributed by atoms with van der Waals surface area (Å²) < 4.78 is 8.42. The smallest absolute Gasteiger partial charge is 0.411 e. The quantitative estimate of drug-likeness (QED) is 0.844. The molecule has 1 amide bonds. The first-order valence-electron chi connectivity index (χ1n) is 3.96. The number of halogens is 1. The molecule has 0 aromatic heterocycles. The van der Waals surface area contributed by atoms with Crippen LogP contribution >= 0.6 is 11.9 Å². The van der Waals surface area contributed by atoms with Crippen molar-refractivity contribution in [2.75, 3.05) is 12.4 Å². The van der Waals surface area contributed by atoms with Gasteiger partial charge in [-0.25, -0.2) is 9.59 Å². The zero-order valence-electron chi connectivity index (χ0n) is 7.82. The molecule has 5 nitrogen and oxygen atoms in total. The van der Waals surface area contributed by atoms with E-state index in [1.54, 1.807) is 12.1 Å². The summed E-state index contributed by atoms with van der Waals surface area (Å²) in [4.78, 5) is 22.1. The first-order chi connectivity index (χ1) is 7.19. The molecule has 0 unspecified atom stereocenters. The lowest BCUT2D eigenvalue weighted by molar-refractivity contribution is 0.0752. The number of amides is 1. The van der Waals surface area contributed by atoms with Crippen molar-refractivity contribution in [2.45, 2.75) is 0 Å². The zero-order chi connectivity index (χ0) is 11.3. The van der Waals surface area contributed by atoms with E-state index in [9.17, 15) is 9.59 Å².